The molecule has 7 heteroatoms. The molecule has 1 aromatic heterocycles. The summed E-state index contributed by atoms with van der Waals surface area (Å²) in [5.74, 6) is -1.30. The van der Waals surface area contributed by atoms with Crippen LogP contribution in [0.2, 0.25) is 0 Å². The van der Waals surface area contributed by atoms with Crippen LogP contribution in [0.25, 0.3) is 0 Å². The summed E-state index contributed by atoms with van der Waals surface area (Å²) in [4.78, 5) is 23.6. The van der Waals surface area contributed by atoms with E-state index in [0.717, 1.165) is 11.3 Å². The Morgan fingerprint density at radius 3 is 2.43 bits per heavy atom. The van der Waals surface area contributed by atoms with Crippen LogP contribution in [0.3, 0.4) is 0 Å². The molecule has 0 bridgehead atoms. The van der Waals surface area contributed by atoms with Crippen molar-refractivity contribution in [2.24, 2.45) is 0 Å². The molecule has 0 aliphatic heterocycles. The maximum absolute atomic E-state index is 13.4. The monoisotopic (exact) mass is 308 g/mol. The molecule has 1 heterocycles. The molecule has 110 valence electrons. The van der Waals surface area contributed by atoms with Gasteiger partial charge in [-0.05, 0) is 30.2 Å². The second kappa shape index (κ2) is 6.96. The first-order valence-electron chi connectivity index (χ1n) is 6.17. The molecular weight excluding hydrogens is 295 g/mol. The van der Waals surface area contributed by atoms with Crippen molar-refractivity contribution in [1.29, 1.82) is 0 Å². The minimum Gasteiger partial charge on any atom is -0.351 e. The third kappa shape index (κ3) is 3.87. The van der Waals surface area contributed by atoms with Crippen LogP contribution in [0.1, 0.15) is 24.9 Å². The minimum absolute atomic E-state index is 0.233. The Morgan fingerprint density at radius 2 is 1.76 bits per heavy atom. The minimum atomic E-state index is -0.662. The maximum Gasteiger partial charge on any atom is 0.284 e. The van der Waals surface area contributed by atoms with E-state index >= 15 is 0 Å². The van der Waals surface area contributed by atoms with Gasteiger partial charge < -0.3 is 5.32 Å². The molecule has 3 N–H and O–H groups in total. The van der Waals surface area contributed by atoms with E-state index in [1.54, 1.807) is 18.2 Å². The SMILES string of the molecule is O=C(NO)c1ccc(C(=O)NCCc2ccccc2F)s1. The fourth-order valence-corrected chi connectivity index (χ4v) is 2.55. The summed E-state index contributed by atoms with van der Waals surface area (Å²) < 4.78 is 13.4. The van der Waals surface area contributed by atoms with Crippen molar-refractivity contribution >= 4 is 23.2 Å². The van der Waals surface area contributed by atoms with Crippen LogP contribution < -0.4 is 10.8 Å². The van der Waals surface area contributed by atoms with Gasteiger partial charge in [-0.1, -0.05) is 18.2 Å². The highest BCUT2D eigenvalue weighted by Crippen LogP contribution is 2.16. The van der Waals surface area contributed by atoms with E-state index in [1.807, 2.05) is 0 Å². The van der Waals surface area contributed by atoms with Crippen molar-refractivity contribution in [1.82, 2.24) is 10.8 Å². The summed E-state index contributed by atoms with van der Waals surface area (Å²) in [7, 11) is 0. The maximum atomic E-state index is 13.4. The highest BCUT2D eigenvalue weighted by atomic mass is 32.1. The Balaban J connectivity index is 1.89. The number of halogens is 1. The molecule has 21 heavy (non-hydrogen) atoms. The van der Waals surface area contributed by atoms with Gasteiger partial charge in [-0.3, -0.25) is 14.8 Å². The number of rotatable bonds is 5. The zero-order chi connectivity index (χ0) is 15.2. The molecule has 0 radical (unpaired) electrons. The number of hydroxylamine groups is 1. The van der Waals surface area contributed by atoms with E-state index in [1.165, 1.54) is 23.7 Å². The van der Waals surface area contributed by atoms with Crippen molar-refractivity contribution in [2.75, 3.05) is 6.54 Å². The van der Waals surface area contributed by atoms with Crippen LogP contribution in [0.15, 0.2) is 36.4 Å². The lowest BCUT2D eigenvalue weighted by Crippen LogP contribution is -2.25. The van der Waals surface area contributed by atoms with Gasteiger partial charge in [-0.2, -0.15) is 0 Å². The summed E-state index contributed by atoms with van der Waals surface area (Å²) in [5.41, 5.74) is 2.03. The van der Waals surface area contributed by atoms with Crippen molar-refractivity contribution in [3.63, 3.8) is 0 Å². The first-order chi connectivity index (χ1) is 10.1. The molecule has 2 rings (SSSR count). The zero-order valence-electron chi connectivity index (χ0n) is 10.9. The third-order valence-corrected chi connectivity index (χ3v) is 3.88. The Kier molecular flexibility index (Phi) is 5.02. The van der Waals surface area contributed by atoms with E-state index in [4.69, 9.17) is 5.21 Å². The normalized spacial score (nSPS) is 10.2. The van der Waals surface area contributed by atoms with Crippen LogP contribution >= 0.6 is 11.3 Å². The highest BCUT2D eigenvalue weighted by molar-refractivity contribution is 7.15. The smallest absolute Gasteiger partial charge is 0.284 e. The average molecular weight is 308 g/mol. The molecule has 5 nitrogen and oxygen atoms in total. The molecule has 0 aliphatic rings. The van der Waals surface area contributed by atoms with Crippen molar-refractivity contribution < 1.29 is 19.2 Å². The standard InChI is InChI=1S/C14H13FN2O3S/c15-10-4-2-1-3-9(10)7-8-16-13(18)11-5-6-12(21-11)14(19)17-20/h1-6,20H,7-8H2,(H,16,18)(H,17,19). The number of hydrogen-bond acceptors (Lipinski definition) is 4. The lowest BCUT2D eigenvalue weighted by molar-refractivity contribution is 0.0711. The molecular formula is C14H13FN2O3S. The van der Waals surface area contributed by atoms with Gasteiger partial charge in [0.05, 0.1) is 9.75 Å². The quantitative estimate of drug-likeness (QED) is 0.584. The van der Waals surface area contributed by atoms with Gasteiger partial charge in [-0.25, -0.2) is 9.87 Å². The predicted molar refractivity (Wildman–Crippen MR) is 76.0 cm³/mol. The largest absolute Gasteiger partial charge is 0.351 e. The Bertz CT molecular complexity index is 657. The van der Waals surface area contributed by atoms with Crippen molar-refractivity contribution in [2.45, 2.75) is 6.42 Å². The van der Waals surface area contributed by atoms with Gasteiger partial charge in [0.25, 0.3) is 11.8 Å². The average Bonchev–Trinajstić information content (AvgIpc) is 2.98. The number of thiophene rings is 1. The van der Waals surface area contributed by atoms with Gasteiger partial charge in [0.2, 0.25) is 0 Å². The lowest BCUT2D eigenvalue weighted by atomic mass is 10.1. The molecule has 0 fully saturated rings. The zero-order valence-corrected chi connectivity index (χ0v) is 11.7. The Morgan fingerprint density at radius 1 is 1.10 bits per heavy atom. The van der Waals surface area contributed by atoms with Gasteiger partial charge >= 0.3 is 0 Å². The molecule has 2 amide bonds. The summed E-state index contributed by atoms with van der Waals surface area (Å²) in [6.45, 7) is 0.291. The number of hydrogen-bond donors (Lipinski definition) is 3. The molecule has 0 atom stereocenters. The second-order valence-corrected chi connectivity index (χ2v) is 5.29. The van der Waals surface area contributed by atoms with E-state index in [-0.39, 0.29) is 16.6 Å². The number of amides is 2. The lowest BCUT2D eigenvalue weighted by Gasteiger charge is -2.04. The van der Waals surface area contributed by atoms with Crippen LogP contribution in [-0.4, -0.2) is 23.6 Å². The summed E-state index contributed by atoms with van der Waals surface area (Å²) in [6, 6.07) is 9.32. The molecule has 0 saturated heterocycles. The molecule has 0 unspecified atom stereocenters. The van der Waals surface area contributed by atoms with E-state index in [2.05, 4.69) is 5.32 Å². The molecule has 0 spiro atoms. The summed E-state index contributed by atoms with van der Waals surface area (Å²) >= 11 is 0.965. The van der Waals surface area contributed by atoms with E-state index < -0.39 is 5.91 Å². The van der Waals surface area contributed by atoms with Crippen LogP contribution in [-0.2, 0) is 6.42 Å². The van der Waals surface area contributed by atoms with Crippen molar-refractivity contribution in [3.05, 3.63) is 57.5 Å². The van der Waals surface area contributed by atoms with Gasteiger partial charge in [0.1, 0.15) is 5.82 Å². The Labute approximate surface area is 124 Å². The van der Waals surface area contributed by atoms with Crippen LogP contribution in [0, 0.1) is 5.82 Å². The number of carbonyl (C=O) groups excluding carboxylic acids is 2. The van der Waals surface area contributed by atoms with Crippen molar-refractivity contribution in [3.8, 4) is 0 Å². The topological polar surface area (TPSA) is 78.4 Å². The van der Waals surface area contributed by atoms with E-state index in [9.17, 15) is 14.0 Å². The second-order valence-electron chi connectivity index (χ2n) is 4.20. The van der Waals surface area contributed by atoms with Crippen LogP contribution in [0.5, 0.6) is 0 Å². The molecule has 0 saturated carbocycles. The van der Waals surface area contributed by atoms with Gasteiger partial charge in [-0.15, -0.1) is 11.3 Å². The number of nitrogens with one attached hydrogen (secondary N) is 2. The Hall–Kier alpha value is -2.25. The van der Waals surface area contributed by atoms with Gasteiger partial charge in [0, 0.05) is 6.54 Å². The fraction of sp³-hybridized carbons (Fsp3) is 0.143. The fourth-order valence-electron chi connectivity index (χ4n) is 1.74. The molecule has 0 aliphatic carbocycles. The summed E-state index contributed by atoms with van der Waals surface area (Å²) in [6.07, 6.45) is 0.383. The van der Waals surface area contributed by atoms with Crippen LogP contribution in [0.4, 0.5) is 4.39 Å². The third-order valence-electron chi connectivity index (χ3n) is 2.79. The molecule has 1 aromatic carbocycles. The van der Waals surface area contributed by atoms with Gasteiger partial charge in [0.15, 0.2) is 0 Å². The predicted octanol–water partition coefficient (Wildman–Crippen LogP) is 1.98. The first-order valence-corrected chi connectivity index (χ1v) is 6.99. The first kappa shape index (κ1) is 15.1. The highest BCUT2D eigenvalue weighted by Gasteiger charge is 2.13. The van der Waals surface area contributed by atoms with E-state index in [0.29, 0.717) is 23.4 Å². The molecule has 2 aromatic rings. The number of carbonyl (C=O) groups is 2. The summed E-state index contributed by atoms with van der Waals surface area (Å²) in [5, 5.41) is 11.2. The number of benzene rings is 1.